The number of carbonyl (C=O) groups is 3. The van der Waals surface area contributed by atoms with Crippen LogP contribution in [0.3, 0.4) is 0 Å². The van der Waals surface area contributed by atoms with Gasteiger partial charge in [0, 0.05) is 18.4 Å². The number of hydrogen-bond donors (Lipinski definition) is 2. The highest BCUT2D eigenvalue weighted by Gasteiger charge is 2.29. The summed E-state index contributed by atoms with van der Waals surface area (Å²) in [6.07, 6.45) is 25.8. The number of benzene rings is 2. The van der Waals surface area contributed by atoms with Gasteiger partial charge in [-0.1, -0.05) is 138 Å². The summed E-state index contributed by atoms with van der Waals surface area (Å²) in [6.45, 7) is 8.30. The molecular formula is C46H68N2O5. The van der Waals surface area contributed by atoms with Crippen molar-refractivity contribution < 1.29 is 23.9 Å². The fraction of sp³-hybridized carbons (Fsp3) is 0.587. The summed E-state index contributed by atoms with van der Waals surface area (Å²) in [6, 6.07) is 15.8. The molecule has 0 aliphatic heterocycles. The number of carbonyl (C=O) groups excluding carboxylic acids is 3. The van der Waals surface area contributed by atoms with Crippen molar-refractivity contribution in [3.8, 4) is 11.1 Å². The van der Waals surface area contributed by atoms with Gasteiger partial charge in [0.2, 0.25) is 5.91 Å². The average Bonchev–Trinajstić information content (AvgIpc) is 3.50. The van der Waals surface area contributed by atoms with Crippen molar-refractivity contribution in [1.29, 1.82) is 0 Å². The first-order valence-electron chi connectivity index (χ1n) is 20.7. The van der Waals surface area contributed by atoms with Gasteiger partial charge in [-0.3, -0.25) is 4.79 Å². The average molecular weight is 729 g/mol. The molecule has 2 aromatic carbocycles. The first-order chi connectivity index (χ1) is 26.0. The summed E-state index contributed by atoms with van der Waals surface area (Å²) < 4.78 is 10.7. The van der Waals surface area contributed by atoms with Crippen molar-refractivity contribution in [2.45, 2.75) is 147 Å². The van der Waals surface area contributed by atoms with E-state index in [-0.39, 0.29) is 24.3 Å². The predicted molar refractivity (Wildman–Crippen MR) is 218 cm³/mol. The lowest BCUT2D eigenvalue weighted by Crippen LogP contribution is -2.44. The molecule has 1 atom stereocenters. The van der Waals surface area contributed by atoms with Crippen LogP contribution >= 0.6 is 0 Å². The molecule has 7 heteroatoms. The standard InChI is InChI=1S/C46H68N2O5/c1-4-6-8-10-12-14-16-18-20-28-37(29-21-19-17-15-13-11-9-7-5-2)44(49)48-43(45(50)52-3)34-26-27-35-47-46(51)53-36-42-40-32-24-22-30-38(40)39-31-23-25-33-41(39)42/h4-5,22-25,30-33,37,42-43H,1-2,6-21,26-29,34-36H2,3H3,(H,47,51)(H,48,49)/t43-/m0/s1. The molecule has 0 heterocycles. The molecule has 53 heavy (non-hydrogen) atoms. The zero-order chi connectivity index (χ0) is 37.9. The van der Waals surface area contributed by atoms with Gasteiger partial charge in [0.15, 0.2) is 0 Å². The number of allylic oxidation sites excluding steroid dienone is 2. The van der Waals surface area contributed by atoms with Crippen molar-refractivity contribution in [3.05, 3.63) is 85.0 Å². The van der Waals surface area contributed by atoms with Gasteiger partial charge in [-0.25, -0.2) is 9.59 Å². The fourth-order valence-electron chi connectivity index (χ4n) is 7.53. The van der Waals surface area contributed by atoms with Crippen LogP contribution < -0.4 is 10.6 Å². The normalized spacial score (nSPS) is 12.5. The molecule has 2 amide bonds. The third-order valence-electron chi connectivity index (χ3n) is 10.6. The third-order valence-corrected chi connectivity index (χ3v) is 10.6. The van der Waals surface area contributed by atoms with E-state index in [9.17, 15) is 14.4 Å². The monoisotopic (exact) mass is 729 g/mol. The Morgan fingerprint density at radius 1 is 0.660 bits per heavy atom. The lowest BCUT2D eigenvalue weighted by Gasteiger charge is -2.22. The van der Waals surface area contributed by atoms with Crippen molar-refractivity contribution in [3.63, 3.8) is 0 Å². The van der Waals surface area contributed by atoms with Crippen LogP contribution in [0.1, 0.15) is 152 Å². The molecule has 3 rings (SSSR count). The van der Waals surface area contributed by atoms with Crippen LogP contribution in [0.2, 0.25) is 0 Å². The molecule has 0 saturated carbocycles. The molecule has 0 unspecified atom stereocenters. The molecule has 0 fully saturated rings. The van der Waals surface area contributed by atoms with Crippen molar-refractivity contribution in [1.82, 2.24) is 10.6 Å². The number of hydrogen-bond acceptors (Lipinski definition) is 5. The zero-order valence-corrected chi connectivity index (χ0v) is 32.7. The number of methoxy groups -OCH3 is 1. The van der Waals surface area contributed by atoms with E-state index in [1.807, 2.05) is 36.4 Å². The highest BCUT2D eigenvalue weighted by Crippen LogP contribution is 2.44. The van der Waals surface area contributed by atoms with Crippen LogP contribution in [-0.4, -0.2) is 44.3 Å². The first-order valence-corrected chi connectivity index (χ1v) is 20.7. The number of fused-ring (bicyclic) bond motifs is 3. The second kappa shape index (κ2) is 26.8. The molecule has 0 spiro atoms. The maximum absolute atomic E-state index is 13.6. The van der Waals surface area contributed by atoms with E-state index < -0.39 is 18.1 Å². The summed E-state index contributed by atoms with van der Waals surface area (Å²) in [5.74, 6) is -0.547. The van der Waals surface area contributed by atoms with E-state index in [1.165, 1.54) is 93.6 Å². The minimum Gasteiger partial charge on any atom is -0.467 e. The molecule has 0 bridgehead atoms. The van der Waals surface area contributed by atoms with E-state index in [0.29, 0.717) is 25.8 Å². The first kappa shape index (κ1) is 43.5. The number of nitrogens with one attached hydrogen (secondary N) is 2. The lowest BCUT2D eigenvalue weighted by atomic mass is 9.92. The van der Waals surface area contributed by atoms with Gasteiger partial charge in [-0.05, 0) is 80.0 Å². The Hall–Kier alpha value is -3.87. The van der Waals surface area contributed by atoms with E-state index in [4.69, 9.17) is 9.47 Å². The minimum atomic E-state index is -0.699. The van der Waals surface area contributed by atoms with Crippen LogP contribution in [0, 0.1) is 5.92 Å². The molecule has 0 aromatic heterocycles. The number of alkyl carbamates (subject to hydrolysis) is 1. The Morgan fingerprint density at radius 2 is 1.13 bits per heavy atom. The Kier molecular flexibility index (Phi) is 22.0. The summed E-state index contributed by atoms with van der Waals surface area (Å²) in [5.41, 5.74) is 4.74. The predicted octanol–water partition coefficient (Wildman–Crippen LogP) is 11.4. The quantitative estimate of drug-likeness (QED) is 0.0474. The van der Waals surface area contributed by atoms with Gasteiger partial charge >= 0.3 is 12.1 Å². The van der Waals surface area contributed by atoms with Gasteiger partial charge in [0.1, 0.15) is 12.6 Å². The third kappa shape index (κ3) is 16.4. The van der Waals surface area contributed by atoms with E-state index in [0.717, 1.165) is 51.4 Å². The molecule has 7 nitrogen and oxygen atoms in total. The van der Waals surface area contributed by atoms with Crippen molar-refractivity contribution >= 4 is 18.0 Å². The number of unbranched alkanes of at least 4 members (excludes halogenated alkanes) is 15. The summed E-state index contributed by atoms with van der Waals surface area (Å²) in [5, 5.41) is 5.91. The highest BCUT2D eigenvalue weighted by molar-refractivity contribution is 5.85. The Balaban J connectivity index is 1.40. The number of esters is 1. The fourth-order valence-corrected chi connectivity index (χ4v) is 7.53. The van der Waals surface area contributed by atoms with Crippen LogP contribution in [0.25, 0.3) is 11.1 Å². The van der Waals surface area contributed by atoms with Gasteiger partial charge in [0.05, 0.1) is 7.11 Å². The van der Waals surface area contributed by atoms with Crippen molar-refractivity contribution in [2.75, 3.05) is 20.3 Å². The Bertz CT molecular complexity index is 1300. The molecule has 0 radical (unpaired) electrons. The molecule has 0 saturated heterocycles. The second-order valence-corrected chi connectivity index (χ2v) is 14.7. The van der Waals surface area contributed by atoms with Gasteiger partial charge in [0.25, 0.3) is 0 Å². The largest absolute Gasteiger partial charge is 0.467 e. The number of amides is 2. The molecule has 1 aliphatic rings. The van der Waals surface area contributed by atoms with Crippen LogP contribution in [0.15, 0.2) is 73.8 Å². The second-order valence-electron chi connectivity index (χ2n) is 14.7. The van der Waals surface area contributed by atoms with Crippen molar-refractivity contribution in [2.24, 2.45) is 5.92 Å². The van der Waals surface area contributed by atoms with Crippen LogP contribution in [0.5, 0.6) is 0 Å². The molecular weight excluding hydrogens is 661 g/mol. The molecule has 2 N–H and O–H groups in total. The van der Waals surface area contributed by atoms with Gasteiger partial charge < -0.3 is 20.1 Å². The summed E-state index contributed by atoms with van der Waals surface area (Å²) in [7, 11) is 1.37. The zero-order valence-electron chi connectivity index (χ0n) is 32.7. The molecule has 2 aromatic rings. The summed E-state index contributed by atoms with van der Waals surface area (Å²) >= 11 is 0. The van der Waals surface area contributed by atoms with Gasteiger partial charge in [-0.15, -0.1) is 13.2 Å². The maximum Gasteiger partial charge on any atom is 0.407 e. The van der Waals surface area contributed by atoms with E-state index in [1.54, 1.807) is 0 Å². The summed E-state index contributed by atoms with van der Waals surface area (Å²) in [4.78, 5) is 39.0. The highest BCUT2D eigenvalue weighted by atomic mass is 16.5. The SMILES string of the molecule is C=CCCCCCCCCCC(CCCCCCCCCC=C)C(=O)N[C@@H](CCCCNC(=O)OCC1c2ccccc2-c2ccccc21)C(=O)OC. The lowest BCUT2D eigenvalue weighted by molar-refractivity contribution is -0.145. The number of rotatable bonds is 30. The van der Waals surface area contributed by atoms with E-state index >= 15 is 0 Å². The maximum atomic E-state index is 13.6. The molecule has 1 aliphatic carbocycles. The topological polar surface area (TPSA) is 93.7 Å². The van der Waals surface area contributed by atoms with E-state index in [2.05, 4.69) is 48.1 Å². The Labute approximate surface area is 320 Å². The van der Waals surface area contributed by atoms with Crippen LogP contribution in [-0.2, 0) is 19.1 Å². The Morgan fingerprint density at radius 3 is 1.64 bits per heavy atom. The van der Waals surface area contributed by atoms with Crippen LogP contribution in [0.4, 0.5) is 4.79 Å². The van der Waals surface area contributed by atoms with Gasteiger partial charge in [-0.2, -0.15) is 0 Å². The number of ether oxygens (including phenoxy) is 2. The minimum absolute atomic E-state index is 0.0104. The molecule has 292 valence electrons. The smallest absolute Gasteiger partial charge is 0.407 e.